The molecule has 138 valence electrons. The topological polar surface area (TPSA) is 35.6 Å². The van der Waals surface area contributed by atoms with Gasteiger partial charge >= 0.3 is 6.03 Å². The van der Waals surface area contributed by atoms with Gasteiger partial charge in [0.2, 0.25) is 0 Å². The van der Waals surface area contributed by atoms with E-state index in [0.717, 1.165) is 38.3 Å². The fraction of sp³-hybridized carbons (Fsp3) is 0.409. The number of likely N-dealkylation sites (tertiary alicyclic amines) is 1. The van der Waals surface area contributed by atoms with Crippen LogP contribution in [0.25, 0.3) is 0 Å². The van der Waals surface area contributed by atoms with Crippen LogP contribution >= 0.6 is 0 Å². The fourth-order valence-corrected chi connectivity index (χ4v) is 3.55. The predicted molar refractivity (Wildman–Crippen MR) is 107 cm³/mol. The Morgan fingerprint density at radius 3 is 2.31 bits per heavy atom. The van der Waals surface area contributed by atoms with E-state index in [0.29, 0.717) is 5.92 Å². The number of para-hydroxylation sites is 1. The third-order valence-electron chi connectivity index (χ3n) is 5.23. The first kappa shape index (κ1) is 18.5. The summed E-state index contributed by atoms with van der Waals surface area (Å²) in [6.07, 6.45) is 3.50. The number of piperidine rings is 1. The van der Waals surface area contributed by atoms with Gasteiger partial charge in [0.05, 0.1) is 0 Å². The molecule has 4 nitrogen and oxygen atoms in total. The summed E-state index contributed by atoms with van der Waals surface area (Å²) in [6, 6.07) is 20.4. The number of hydrogen-bond acceptors (Lipinski definition) is 2. The smallest absolute Gasteiger partial charge is 0.321 e. The number of anilines is 1. The lowest BCUT2D eigenvalue weighted by atomic mass is 9.93. The van der Waals surface area contributed by atoms with E-state index < -0.39 is 0 Å². The van der Waals surface area contributed by atoms with Crippen molar-refractivity contribution < 1.29 is 4.79 Å². The normalized spacial score (nSPS) is 15.6. The molecule has 0 unspecified atom stereocenters. The van der Waals surface area contributed by atoms with Gasteiger partial charge in [-0.3, -0.25) is 9.80 Å². The highest BCUT2D eigenvalue weighted by molar-refractivity contribution is 5.91. The van der Waals surface area contributed by atoms with E-state index in [1.165, 1.54) is 18.4 Å². The lowest BCUT2D eigenvalue weighted by Crippen LogP contribution is -2.39. The van der Waals surface area contributed by atoms with Crippen LogP contribution < -0.4 is 10.2 Å². The summed E-state index contributed by atoms with van der Waals surface area (Å²) in [5.74, 6) is 0.712. The lowest BCUT2D eigenvalue weighted by molar-refractivity contribution is 0.172. The molecule has 1 heterocycles. The number of nitrogens with one attached hydrogen (secondary N) is 1. The maximum atomic E-state index is 12.2. The van der Waals surface area contributed by atoms with Crippen molar-refractivity contribution in [2.45, 2.75) is 25.8 Å². The van der Waals surface area contributed by atoms with E-state index in [4.69, 9.17) is 0 Å². The number of nitrogens with zero attached hydrogens (tertiary/aromatic N) is 2. The quantitative estimate of drug-likeness (QED) is 0.849. The van der Waals surface area contributed by atoms with E-state index in [-0.39, 0.29) is 6.03 Å². The zero-order chi connectivity index (χ0) is 18.2. The summed E-state index contributed by atoms with van der Waals surface area (Å²) in [5, 5.41) is 3.05. The fourth-order valence-electron chi connectivity index (χ4n) is 3.55. The largest absolute Gasteiger partial charge is 0.338 e. The van der Waals surface area contributed by atoms with Crippen LogP contribution in [0, 0.1) is 5.92 Å². The van der Waals surface area contributed by atoms with E-state index in [1.54, 1.807) is 4.90 Å². The standard InChI is InChI=1S/C22H29N3O/c1-24(21-10-6-3-7-11-21)22(26)23-15-12-19-13-16-25(17-14-19)18-20-8-4-2-5-9-20/h2-11,19H,12-18H2,1H3,(H,23,26). The zero-order valence-electron chi connectivity index (χ0n) is 15.6. The van der Waals surface area contributed by atoms with Gasteiger partial charge in [-0.25, -0.2) is 4.79 Å². The van der Waals surface area contributed by atoms with Crippen molar-refractivity contribution in [2.24, 2.45) is 5.92 Å². The SMILES string of the molecule is CN(C(=O)NCCC1CCN(Cc2ccccc2)CC1)c1ccccc1. The number of carbonyl (C=O) groups excluding carboxylic acids is 1. The third kappa shape index (κ3) is 5.33. The molecule has 1 aliphatic heterocycles. The Bertz CT molecular complexity index is 666. The first-order valence-electron chi connectivity index (χ1n) is 9.55. The van der Waals surface area contributed by atoms with Crippen molar-refractivity contribution in [3.8, 4) is 0 Å². The van der Waals surface area contributed by atoms with Crippen LogP contribution in [-0.2, 0) is 6.54 Å². The van der Waals surface area contributed by atoms with Gasteiger partial charge in [-0.15, -0.1) is 0 Å². The Morgan fingerprint density at radius 1 is 1.04 bits per heavy atom. The molecule has 0 aliphatic carbocycles. The van der Waals surface area contributed by atoms with Crippen molar-refractivity contribution in [1.82, 2.24) is 10.2 Å². The summed E-state index contributed by atoms with van der Waals surface area (Å²) in [4.78, 5) is 16.5. The third-order valence-corrected chi connectivity index (χ3v) is 5.23. The second-order valence-corrected chi connectivity index (χ2v) is 7.12. The van der Waals surface area contributed by atoms with Crippen LogP contribution in [0.5, 0.6) is 0 Å². The summed E-state index contributed by atoms with van der Waals surface area (Å²) >= 11 is 0. The van der Waals surface area contributed by atoms with Crippen LogP contribution in [0.15, 0.2) is 60.7 Å². The van der Waals surface area contributed by atoms with Gasteiger partial charge in [0.1, 0.15) is 0 Å². The molecule has 1 aliphatic rings. The summed E-state index contributed by atoms with van der Waals surface area (Å²) in [6.45, 7) is 4.10. The van der Waals surface area contributed by atoms with Crippen LogP contribution in [0.1, 0.15) is 24.8 Å². The molecule has 1 fully saturated rings. The molecular weight excluding hydrogens is 322 g/mol. The first-order valence-corrected chi connectivity index (χ1v) is 9.55. The Labute approximate surface area is 156 Å². The highest BCUT2D eigenvalue weighted by atomic mass is 16.2. The molecule has 1 N–H and O–H groups in total. The maximum absolute atomic E-state index is 12.2. The molecule has 2 aromatic carbocycles. The minimum Gasteiger partial charge on any atom is -0.338 e. The molecule has 0 bridgehead atoms. The molecule has 0 spiro atoms. The van der Waals surface area contributed by atoms with Gasteiger partial charge in [-0.1, -0.05) is 48.5 Å². The minimum absolute atomic E-state index is 0.0299. The second kappa shape index (κ2) is 9.39. The predicted octanol–water partition coefficient (Wildman–Crippen LogP) is 4.13. The Balaban J connectivity index is 1.34. The van der Waals surface area contributed by atoms with Gasteiger partial charge in [0.15, 0.2) is 0 Å². The highest BCUT2D eigenvalue weighted by Gasteiger charge is 2.19. The molecule has 26 heavy (non-hydrogen) atoms. The highest BCUT2D eigenvalue weighted by Crippen LogP contribution is 2.21. The van der Waals surface area contributed by atoms with Gasteiger partial charge < -0.3 is 5.32 Å². The second-order valence-electron chi connectivity index (χ2n) is 7.12. The zero-order valence-corrected chi connectivity index (χ0v) is 15.6. The van der Waals surface area contributed by atoms with Crippen LogP contribution in [0.3, 0.4) is 0 Å². The summed E-state index contributed by atoms with van der Waals surface area (Å²) in [5.41, 5.74) is 2.31. The number of benzene rings is 2. The van der Waals surface area contributed by atoms with E-state index in [1.807, 2.05) is 37.4 Å². The number of rotatable bonds is 6. The number of amides is 2. The summed E-state index contributed by atoms with van der Waals surface area (Å²) in [7, 11) is 1.81. The monoisotopic (exact) mass is 351 g/mol. The lowest BCUT2D eigenvalue weighted by Gasteiger charge is -2.32. The first-order chi connectivity index (χ1) is 12.7. The van der Waals surface area contributed by atoms with Gasteiger partial charge in [-0.05, 0) is 56.0 Å². The molecule has 1 saturated heterocycles. The van der Waals surface area contributed by atoms with Gasteiger partial charge in [-0.2, -0.15) is 0 Å². The molecule has 2 aromatic rings. The summed E-state index contributed by atoms with van der Waals surface area (Å²) < 4.78 is 0. The van der Waals surface area contributed by atoms with Crippen molar-refractivity contribution in [3.05, 3.63) is 66.2 Å². The van der Waals surface area contributed by atoms with Crippen molar-refractivity contribution in [1.29, 1.82) is 0 Å². The molecule has 2 amide bonds. The van der Waals surface area contributed by atoms with Crippen molar-refractivity contribution in [3.63, 3.8) is 0 Å². The van der Waals surface area contributed by atoms with E-state index in [9.17, 15) is 4.79 Å². The van der Waals surface area contributed by atoms with Crippen molar-refractivity contribution >= 4 is 11.7 Å². The molecule has 0 saturated carbocycles. The average molecular weight is 351 g/mol. The molecule has 4 heteroatoms. The number of hydrogen-bond donors (Lipinski definition) is 1. The number of carbonyl (C=O) groups is 1. The molecular formula is C22H29N3O. The number of urea groups is 1. The Kier molecular flexibility index (Phi) is 6.67. The molecule has 0 aromatic heterocycles. The molecule has 3 rings (SSSR count). The Hall–Kier alpha value is -2.33. The van der Waals surface area contributed by atoms with Gasteiger partial charge in [0.25, 0.3) is 0 Å². The molecule has 0 radical (unpaired) electrons. The van der Waals surface area contributed by atoms with E-state index >= 15 is 0 Å². The van der Waals surface area contributed by atoms with E-state index in [2.05, 4.69) is 40.5 Å². The van der Waals surface area contributed by atoms with Crippen LogP contribution in [-0.4, -0.2) is 37.6 Å². The Morgan fingerprint density at radius 2 is 1.65 bits per heavy atom. The minimum atomic E-state index is -0.0299. The van der Waals surface area contributed by atoms with Crippen molar-refractivity contribution in [2.75, 3.05) is 31.6 Å². The average Bonchev–Trinajstić information content (AvgIpc) is 2.70. The van der Waals surface area contributed by atoms with Crippen LogP contribution in [0.2, 0.25) is 0 Å². The van der Waals surface area contributed by atoms with Crippen LogP contribution in [0.4, 0.5) is 10.5 Å². The molecule has 0 atom stereocenters. The maximum Gasteiger partial charge on any atom is 0.321 e. The van der Waals surface area contributed by atoms with Gasteiger partial charge in [0, 0.05) is 25.8 Å².